The zero-order valence-electron chi connectivity index (χ0n) is 13.5. The van der Waals surface area contributed by atoms with E-state index in [1.54, 1.807) is 9.80 Å². The van der Waals surface area contributed by atoms with Crippen LogP contribution in [0, 0.1) is 12.8 Å². The highest BCUT2D eigenvalue weighted by Crippen LogP contribution is 2.22. The van der Waals surface area contributed by atoms with E-state index >= 15 is 0 Å². The predicted octanol–water partition coefficient (Wildman–Crippen LogP) is 0.0924. The van der Waals surface area contributed by atoms with Gasteiger partial charge in [-0.3, -0.25) is 14.7 Å². The molecule has 0 aliphatic carbocycles. The number of hydrogen-bond donors (Lipinski definition) is 2. The molecule has 2 atom stereocenters. The number of rotatable bonds is 5. The van der Waals surface area contributed by atoms with Gasteiger partial charge in [0.15, 0.2) is 0 Å². The van der Waals surface area contributed by atoms with Crippen LogP contribution in [0.2, 0.25) is 0 Å². The maximum atomic E-state index is 12.3. The Bertz CT molecular complexity index is 586. The Morgan fingerprint density at radius 3 is 2.96 bits per heavy atom. The fourth-order valence-corrected chi connectivity index (χ4v) is 3.44. The van der Waals surface area contributed by atoms with E-state index in [0.717, 1.165) is 24.4 Å². The molecule has 7 nitrogen and oxygen atoms in total. The first-order valence-corrected chi connectivity index (χ1v) is 8.27. The standard InChI is InChI=1S/C16H24N4O3/c1-11-7-13(18-17-11)8-12-9-20(10-14(12)21)16(23)4-6-19-5-2-3-15(19)22/h7,12,14,21H,2-6,8-10H2,1H3,(H,17,18). The average Bonchev–Trinajstić information content (AvgIpc) is 3.20. The zero-order valence-corrected chi connectivity index (χ0v) is 13.5. The summed E-state index contributed by atoms with van der Waals surface area (Å²) >= 11 is 0. The molecule has 2 amide bonds. The molecular weight excluding hydrogens is 296 g/mol. The van der Waals surface area contributed by atoms with Gasteiger partial charge in [0.05, 0.1) is 11.8 Å². The van der Waals surface area contributed by atoms with Crippen LogP contribution in [0.25, 0.3) is 0 Å². The Morgan fingerprint density at radius 2 is 2.30 bits per heavy atom. The number of aliphatic hydroxyl groups excluding tert-OH is 1. The molecule has 2 N–H and O–H groups in total. The third-order valence-electron chi connectivity index (χ3n) is 4.76. The van der Waals surface area contributed by atoms with E-state index < -0.39 is 6.10 Å². The molecule has 0 radical (unpaired) electrons. The number of H-pyrrole nitrogens is 1. The molecule has 3 rings (SSSR count). The van der Waals surface area contributed by atoms with Crippen LogP contribution in [0.5, 0.6) is 0 Å². The second-order valence-electron chi connectivity index (χ2n) is 6.61. The number of aliphatic hydroxyl groups is 1. The average molecular weight is 320 g/mol. The molecule has 2 fully saturated rings. The summed E-state index contributed by atoms with van der Waals surface area (Å²) in [6.45, 7) is 4.13. The van der Waals surface area contributed by atoms with Gasteiger partial charge in [-0.1, -0.05) is 0 Å². The molecule has 126 valence electrons. The third-order valence-corrected chi connectivity index (χ3v) is 4.76. The molecule has 2 aliphatic rings. The quantitative estimate of drug-likeness (QED) is 0.805. The predicted molar refractivity (Wildman–Crippen MR) is 83.5 cm³/mol. The molecule has 0 aromatic carbocycles. The van der Waals surface area contributed by atoms with Crippen molar-refractivity contribution >= 4 is 11.8 Å². The van der Waals surface area contributed by atoms with Crippen molar-refractivity contribution in [2.45, 2.75) is 38.7 Å². The largest absolute Gasteiger partial charge is 0.391 e. The van der Waals surface area contributed by atoms with Crippen molar-refractivity contribution in [2.75, 3.05) is 26.2 Å². The number of nitrogens with zero attached hydrogens (tertiary/aromatic N) is 3. The van der Waals surface area contributed by atoms with E-state index in [2.05, 4.69) is 10.2 Å². The highest BCUT2D eigenvalue weighted by atomic mass is 16.3. The van der Waals surface area contributed by atoms with Crippen LogP contribution in [0.1, 0.15) is 30.7 Å². The molecule has 1 aromatic heterocycles. The van der Waals surface area contributed by atoms with Crippen LogP contribution in [-0.4, -0.2) is 69.2 Å². The van der Waals surface area contributed by atoms with E-state index in [0.29, 0.717) is 38.9 Å². The minimum Gasteiger partial charge on any atom is -0.391 e. The lowest BCUT2D eigenvalue weighted by Crippen LogP contribution is -2.34. The van der Waals surface area contributed by atoms with Gasteiger partial charge in [-0.15, -0.1) is 0 Å². The molecule has 3 heterocycles. The maximum absolute atomic E-state index is 12.3. The number of aryl methyl sites for hydroxylation is 1. The minimum atomic E-state index is -0.510. The summed E-state index contributed by atoms with van der Waals surface area (Å²) < 4.78 is 0. The van der Waals surface area contributed by atoms with E-state index in [9.17, 15) is 14.7 Å². The van der Waals surface area contributed by atoms with Crippen molar-refractivity contribution in [2.24, 2.45) is 5.92 Å². The van der Waals surface area contributed by atoms with Gasteiger partial charge in [0.25, 0.3) is 0 Å². The molecule has 23 heavy (non-hydrogen) atoms. The van der Waals surface area contributed by atoms with Gasteiger partial charge < -0.3 is 14.9 Å². The monoisotopic (exact) mass is 320 g/mol. The Hall–Kier alpha value is -1.89. The lowest BCUT2D eigenvalue weighted by atomic mass is 10.0. The Morgan fingerprint density at radius 1 is 1.48 bits per heavy atom. The van der Waals surface area contributed by atoms with Gasteiger partial charge in [0.2, 0.25) is 11.8 Å². The van der Waals surface area contributed by atoms with E-state index in [1.807, 2.05) is 13.0 Å². The van der Waals surface area contributed by atoms with Crippen molar-refractivity contribution in [3.63, 3.8) is 0 Å². The first-order valence-electron chi connectivity index (χ1n) is 8.27. The number of carbonyl (C=O) groups is 2. The van der Waals surface area contributed by atoms with Gasteiger partial charge in [-0.05, 0) is 25.8 Å². The smallest absolute Gasteiger partial charge is 0.224 e. The van der Waals surface area contributed by atoms with Crippen LogP contribution in [0.3, 0.4) is 0 Å². The molecular formula is C16H24N4O3. The first kappa shape index (κ1) is 16.0. The summed E-state index contributed by atoms with van der Waals surface area (Å²) in [7, 11) is 0. The molecule has 0 saturated carbocycles. The molecule has 0 spiro atoms. The summed E-state index contributed by atoms with van der Waals surface area (Å²) in [6, 6.07) is 1.97. The van der Waals surface area contributed by atoms with Crippen LogP contribution in [-0.2, 0) is 16.0 Å². The van der Waals surface area contributed by atoms with Crippen molar-refractivity contribution in [1.29, 1.82) is 0 Å². The minimum absolute atomic E-state index is 0.0180. The molecule has 2 aliphatic heterocycles. The third kappa shape index (κ3) is 3.72. The van der Waals surface area contributed by atoms with E-state index in [-0.39, 0.29) is 17.7 Å². The van der Waals surface area contributed by atoms with Gasteiger partial charge >= 0.3 is 0 Å². The summed E-state index contributed by atoms with van der Waals surface area (Å²) in [4.78, 5) is 27.4. The fourth-order valence-electron chi connectivity index (χ4n) is 3.44. The molecule has 0 bridgehead atoms. The SMILES string of the molecule is Cc1cc(CC2CN(C(=O)CCN3CCCC3=O)CC2O)n[nH]1. The highest BCUT2D eigenvalue weighted by Gasteiger charge is 2.34. The van der Waals surface area contributed by atoms with Crippen LogP contribution < -0.4 is 0 Å². The fraction of sp³-hybridized carbons (Fsp3) is 0.688. The van der Waals surface area contributed by atoms with Crippen LogP contribution >= 0.6 is 0 Å². The number of aromatic amines is 1. The van der Waals surface area contributed by atoms with Gasteiger partial charge in [0.1, 0.15) is 0 Å². The number of nitrogens with one attached hydrogen (secondary N) is 1. The zero-order chi connectivity index (χ0) is 16.4. The molecule has 2 unspecified atom stereocenters. The maximum Gasteiger partial charge on any atom is 0.224 e. The summed E-state index contributed by atoms with van der Waals surface area (Å²) in [6.07, 6.45) is 1.99. The number of likely N-dealkylation sites (tertiary alicyclic amines) is 2. The summed E-state index contributed by atoms with van der Waals surface area (Å²) in [5.74, 6) is 0.186. The second-order valence-corrected chi connectivity index (χ2v) is 6.61. The van der Waals surface area contributed by atoms with E-state index in [1.165, 1.54) is 0 Å². The molecule has 1 aromatic rings. The van der Waals surface area contributed by atoms with Crippen molar-refractivity contribution in [1.82, 2.24) is 20.0 Å². The Balaban J connectivity index is 1.49. The number of carbonyl (C=O) groups excluding carboxylic acids is 2. The Labute approximate surface area is 135 Å². The number of hydrogen-bond acceptors (Lipinski definition) is 4. The molecule has 2 saturated heterocycles. The first-order chi connectivity index (χ1) is 11.0. The van der Waals surface area contributed by atoms with Crippen molar-refractivity contribution in [3.8, 4) is 0 Å². The number of β-amino-alcohol motifs (C(OH)–C–C–N with tert-alkyl or cyclic N) is 1. The summed E-state index contributed by atoms with van der Waals surface area (Å²) in [5.41, 5.74) is 1.92. The van der Waals surface area contributed by atoms with Gasteiger partial charge in [0, 0.05) is 50.6 Å². The lowest BCUT2D eigenvalue weighted by Gasteiger charge is -2.19. The van der Waals surface area contributed by atoms with Crippen LogP contribution in [0.4, 0.5) is 0 Å². The van der Waals surface area contributed by atoms with Crippen LogP contribution in [0.15, 0.2) is 6.07 Å². The molecule has 7 heteroatoms. The Kier molecular flexibility index (Phi) is 4.66. The summed E-state index contributed by atoms with van der Waals surface area (Å²) in [5, 5.41) is 17.3. The van der Waals surface area contributed by atoms with E-state index in [4.69, 9.17) is 0 Å². The normalized spacial score (nSPS) is 24.7. The number of aromatic nitrogens is 2. The number of amides is 2. The van der Waals surface area contributed by atoms with Crippen molar-refractivity contribution in [3.05, 3.63) is 17.5 Å². The van der Waals surface area contributed by atoms with Crippen molar-refractivity contribution < 1.29 is 14.7 Å². The van der Waals surface area contributed by atoms with Gasteiger partial charge in [-0.2, -0.15) is 5.10 Å². The van der Waals surface area contributed by atoms with Gasteiger partial charge in [-0.25, -0.2) is 0 Å². The second kappa shape index (κ2) is 6.70. The lowest BCUT2D eigenvalue weighted by molar-refractivity contribution is -0.132. The highest BCUT2D eigenvalue weighted by molar-refractivity contribution is 5.80. The topological polar surface area (TPSA) is 89.5 Å².